The van der Waals surface area contributed by atoms with E-state index in [1.165, 1.54) is 0 Å². The van der Waals surface area contributed by atoms with Gasteiger partial charge in [0.05, 0.1) is 12.8 Å². The molecule has 1 aromatic carbocycles. The molecular formula is C17H16N4O2. The molecule has 23 heavy (non-hydrogen) atoms. The molecule has 0 aliphatic heterocycles. The van der Waals surface area contributed by atoms with Gasteiger partial charge in [0.15, 0.2) is 17.2 Å². The number of primary amides is 1. The van der Waals surface area contributed by atoms with Gasteiger partial charge in [-0.3, -0.25) is 4.79 Å². The lowest BCUT2D eigenvalue weighted by molar-refractivity contribution is 0.100. The van der Waals surface area contributed by atoms with Gasteiger partial charge in [0, 0.05) is 17.0 Å². The number of carbonyl (C=O) groups excluding carboxylic acids is 1. The van der Waals surface area contributed by atoms with Crippen molar-refractivity contribution < 1.29 is 9.53 Å². The summed E-state index contributed by atoms with van der Waals surface area (Å²) in [6.45, 7) is 0. The lowest BCUT2D eigenvalue weighted by Gasteiger charge is -2.08. The van der Waals surface area contributed by atoms with Crippen LogP contribution in [0.4, 0.5) is 0 Å². The van der Waals surface area contributed by atoms with E-state index in [0.29, 0.717) is 22.9 Å². The number of benzene rings is 1. The van der Waals surface area contributed by atoms with Crippen LogP contribution in [0.2, 0.25) is 0 Å². The molecule has 0 unspecified atom stereocenters. The molecule has 1 fully saturated rings. The molecule has 2 heterocycles. The molecule has 0 atom stereocenters. The van der Waals surface area contributed by atoms with Crippen LogP contribution in [0.5, 0.6) is 5.75 Å². The van der Waals surface area contributed by atoms with E-state index >= 15 is 0 Å². The Bertz CT molecular complexity index is 912. The minimum absolute atomic E-state index is 0.449. The number of aromatic nitrogens is 3. The van der Waals surface area contributed by atoms with Crippen molar-refractivity contribution in [3.63, 3.8) is 0 Å². The van der Waals surface area contributed by atoms with Gasteiger partial charge in [-0.1, -0.05) is 12.1 Å². The maximum atomic E-state index is 11.4. The number of nitrogens with two attached hydrogens (primary N) is 1. The fourth-order valence-corrected chi connectivity index (χ4v) is 2.68. The largest absolute Gasteiger partial charge is 0.493 e. The predicted octanol–water partition coefficient (Wildman–Crippen LogP) is 2.38. The van der Waals surface area contributed by atoms with E-state index in [9.17, 15) is 4.79 Å². The molecule has 6 heteroatoms. The van der Waals surface area contributed by atoms with Crippen LogP contribution in [0.3, 0.4) is 0 Å². The number of carbonyl (C=O) groups is 1. The van der Waals surface area contributed by atoms with Crippen LogP contribution in [0.1, 0.15) is 34.9 Å². The number of nitrogens with zero attached hydrogens (tertiary/aromatic N) is 3. The smallest absolute Gasteiger partial charge is 0.248 e. The van der Waals surface area contributed by atoms with Gasteiger partial charge in [-0.2, -0.15) is 5.10 Å². The standard InChI is InChI=1S/C17H16N4O2/c1-23-14-8-7-13(11-3-2-4-12(9-11)15(18)22)21-17(14)19-16(20-21)10-5-6-10/h2-4,7-10H,5-6H2,1H3,(H2,18,22). The molecular weight excluding hydrogens is 292 g/mol. The summed E-state index contributed by atoms with van der Waals surface area (Å²) >= 11 is 0. The Morgan fingerprint density at radius 3 is 2.83 bits per heavy atom. The monoisotopic (exact) mass is 308 g/mol. The Morgan fingerprint density at radius 1 is 1.30 bits per heavy atom. The van der Waals surface area contributed by atoms with Gasteiger partial charge in [-0.05, 0) is 37.1 Å². The Kier molecular flexibility index (Phi) is 3.04. The molecule has 0 radical (unpaired) electrons. The summed E-state index contributed by atoms with van der Waals surface area (Å²) in [5.74, 6) is 1.53. The molecule has 4 rings (SSSR count). The average Bonchev–Trinajstić information content (AvgIpc) is 3.32. The van der Waals surface area contributed by atoms with Crippen molar-refractivity contribution in [1.82, 2.24) is 14.6 Å². The molecule has 116 valence electrons. The van der Waals surface area contributed by atoms with E-state index in [0.717, 1.165) is 29.9 Å². The first kappa shape index (κ1) is 13.8. The predicted molar refractivity (Wildman–Crippen MR) is 85.5 cm³/mol. The van der Waals surface area contributed by atoms with E-state index in [2.05, 4.69) is 10.1 Å². The average molecular weight is 308 g/mol. The highest BCUT2D eigenvalue weighted by molar-refractivity contribution is 5.94. The van der Waals surface area contributed by atoms with Crippen LogP contribution in [-0.4, -0.2) is 27.6 Å². The van der Waals surface area contributed by atoms with E-state index in [1.54, 1.807) is 23.8 Å². The SMILES string of the molecule is COc1ccc(-c2cccc(C(N)=O)c2)n2nc(C3CC3)nc12. The maximum Gasteiger partial charge on any atom is 0.248 e. The van der Waals surface area contributed by atoms with Crippen LogP contribution in [0, 0.1) is 0 Å². The molecule has 6 nitrogen and oxygen atoms in total. The molecule has 0 saturated heterocycles. The summed E-state index contributed by atoms with van der Waals surface area (Å²) < 4.78 is 7.18. The van der Waals surface area contributed by atoms with Gasteiger partial charge >= 0.3 is 0 Å². The molecule has 0 bridgehead atoms. The second-order valence-corrected chi connectivity index (χ2v) is 5.71. The van der Waals surface area contributed by atoms with Crippen LogP contribution in [0.15, 0.2) is 36.4 Å². The molecule has 1 saturated carbocycles. The van der Waals surface area contributed by atoms with E-state index in [4.69, 9.17) is 10.5 Å². The highest BCUT2D eigenvalue weighted by Crippen LogP contribution is 2.39. The van der Waals surface area contributed by atoms with Crippen molar-refractivity contribution >= 4 is 11.6 Å². The third kappa shape index (κ3) is 2.32. The van der Waals surface area contributed by atoms with Gasteiger partial charge in [0.2, 0.25) is 5.91 Å². The normalized spacial score (nSPS) is 14.1. The summed E-state index contributed by atoms with van der Waals surface area (Å²) in [6, 6.07) is 11.0. The molecule has 3 aromatic rings. The second kappa shape index (κ2) is 5.08. The maximum absolute atomic E-state index is 11.4. The number of amides is 1. The summed E-state index contributed by atoms with van der Waals surface area (Å²) in [7, 11) is 1.62. The Morgan fingerprint density at radius 2 is 2.13 bits per heavy atom. The fraction of sp³-hybridized carbons (Fsp3) is 0.235. The van der Waals surface area contributed by atoms with E-state index < -0.39 is 5.91 Å². The number of methoxy groups -OCH3 is 1. The number of fused-ring (bicyclic) bond motifs is 1. The first-order valence-electron chi connectivity index (χ1n) is 7.51. The van der Waals surface area contributed by atoms with Crippen molar-refractivity contribution in [3.8, 4) is 17.0 Å². The summed E-state index contributed by atoms with van der Waals surface area (Å²) in [6.07, 6.45) is 2.26. The zero-order valence-corrected chi connectivity index (χ0v) is 12.7. The molecule has 1 aliphatic carbocycles. The molecule has 1 amide bonds. The molecule has 1 aliphatic rings. The summed E-state index contributed by atoms with van der Waals surface area (Å²) in [5, 5.41) is 4.64. The summed E-state index contributed by atoms with van der Waals surface area (Å²) in [5.41, 5.74) is 8.25. The number of pyridine rings is 1. The summed E-state index contributed by atoms with van der Waals surface area (Å²) in [4.78, 5) is 16.0. The first-order chi connectivity index (χ1) is 11.2. The highest BCUT2D eigenvalue weighted by atomic mass is 16.5. The minimum atomic E-state index is -0.450. The lowest BCUT2D eigenvalue weighted by atomic mass is 10.1. The molecule has 2 N–H and O–H groups in total. The Balaban J connectivity index is 1.92. The number of hydrogen-bond acceptors (Lipinski definition) is 4. The third-order valence-corrected chi connectivity index (χ3v) is 4.07. The topological polar surface area (TPSA) is 82.5 Å². The van der Waals surface area contributed by atoms with Crippen molar-refractivity contribution in [3.05, 3.63) is 47.8 Å². The van der Waals surface area contributed by atoms with Gasteiger partial charge in [0.25, 0.3) is 0 Å². The quantitative estimate of drug-likeness (QED) is 0.802. The number of rotatable bonds is 4. The minimum Gasteiger partial charge on any atom is -0.493 e. The highest BCUT2D eigenvalue weighted by Gasteiger charge is 2.29. The zero-order valence-electron chi connectivity index (χ0n) is 12.7. The van der Waals surface area contributed by atoms with Crippen LogP contribution in [0.25, 0.3) is 16.9 Å². The van der Waals surface area contributed by atoms with E-state index in [1.807, 2.05) is 24.3 Å². The third-order valence-electron chi connectivity index (χ3n) is 4.07. The number of ether oxygens (including phenoxy) is 1. The van der Waals surface area contributed by atoms with Gasteiger partial charge < -0.3 is 10.5 Å². The van der Waals surface area contributed by atoms with Crippen molar-refractivity contribution in [2.45, 2.75) is 18.8 Å². The van der Waals surface area contributed by atoms with Gasteiger partial charge in [-0.15, -0.1) is 0 Å². The van der Waals surface area contributed by atoms with Gasteiger partial charge in [-0.25, -0.2) is 9.50 Å². The van der Waals surface area contributed by atoms with Crippen LogP contribution < -0.4 is 10.5 Å². The van der Waals surface area contributed by atoms with Crippen LogP contribution >= 0.6 is 0 Å². The zero-order chi connectivity index (χ0) is 16.0. The Labute approximate surface area is 132 Å². The molecule has 0 spiro atoms. The lowest BCUT2D eigenvalue weighted by Crippen LogP contribution is -2.10. The fourth-order valence-electron chi connectivity index (χ4n) is 2.68. The van der Waals surface area contributed by atoms with Gasteiger partial charge in [0.1, 0.15) is 0 Å². The first-order valence-corrected chi connectivity index (χ1v) is 7.51. The molecule has 2 aromatic heterocycles. The van der Waals surface area contributed by atoms with Crippen molar-refractivity contribution in [2.75, 3.05) is 7.11 Å². The van der Waals surface area contributed by atoms with Crippen LogP contribution in [-0.2, 0) is 0 Å². The van der Waals surface area contributed by atoms with E-state index in [-0.39, 0.29) is 0 Å². The second-order valence-electron chi connectivity index (χ2n) is 5.71. The number of hydrogen-bond donors (Lipinski definition) is 1. The Hall–Kier alpha value is -2.89. The van der Waals surface area contributed by atoms with Crippen molar-refractivity contribution in [1.29, 1.82) is 0 Å². The van der Waals surface area contributed by atoms with Crippen molar-refractivity contribution in [2.24, 2.45) is 5.73 Å².